The largest absolute Gasteiger partial charge is 0.325 e. The third kappa shape index (κ3) is 4.70. The van der Waals surface area contributed by atoms with Crippen LogP contribution in [0.2, 0.25) is 0 Å². The molecule has 6 heteroatoms. The Morgan fingerprint density at radius 2 is 1.61 bits per heavy atom. The highest BCUT2D eigenvalue weighted by Gasteiger charge is 2.25. The van der Waals surface area contributed by atoms with E-state index in [1.54, 1.807) is 0 Å². The Balaban J connectivity index is 1.65. The minimum Gasteiger partial charge on any atom is -0.325 e. The normalized spacial score (nSPS) is 11.8. The van der Waals surface area contributed by atoms with Crippen molar-refractivity contribution in [2.45, 2.75) is 24.3 Å². The number of amides is 1. The first-order valence-electron chi connectivity index (χ1n) is 10.1. The number of carbonyl (C=O) groups is 1. The van der Waals surface area contributed by atoms with Crippen LogP contribution < -0.4 is 5.32 Å². The second kappa shape index (κ2) is 9.18. The van der Waals surface area contributed by atoms with Gasteiger partial charge in [0.2, 0.25) is 5.91 Å². The first-order valence-corrected chi connectivity index (χ1v) is 11.0. The van der Waals surface area contributed by atoms with E-state index in [0.717, 1.165) is 33.8 Å². The van der Waals surface area contributed by atoms with E-state index in [1.807, 2.05) is 104 Å². The number of aryl methyl sites for hydroxylation is 2. The molecule has 0 aliphatic carbocycles. The van der Waals surface area contributed by atoms with Crippen molar-refractivity contribution in [3.8, 4) is 11.4 Å². The monoisotopic (exact) mass is 428 g/mol. The summed E-state index contributed by atoms with van der Waals surface area (Å²) in [6.07, 6.45) is 0. The number of nitrogens with one attached hydrogen (secondary N) is 1. The molecular formula is C25H24N4OS. The van der Waals surface area contributed by atoms with Crippen LogP contribution in [0, 0.1) is 13.8 Å². The minimum atomic E-state index is -0.465. The summed E-state index contributed by atoms with van der Waals surface area (Å²) in [5.74, 6) is 0.680. The van der Waals surface area contributed by atoms with Gasteiger partial charge in [-0.05, 0) is 36.6 Å². The summed E-state index contributed by atoms with van der Waals surface area (Å²) in [6.45, 7) is 4.01. The number of benzene rings is 3. The maximum Gasteiger partial charge on any atom is 0.242 e. The summed E-state index contributed by atoms with van der Waals surface area (Å²) < 4.78 is 1.93. The zero-order chi connectivity index (χ0) is 21.8. The summed E-state index contributed by atoms with van der Waals surface area (Å²) in [5.41, 5.74) is 4.86. The first-order chi connectivity index (χ1) is 15.0. The van der Waals surface area contributed by atoms with E-state index >= 15 is 0 Å². The van der Waals surface area contributed by atoms with Crippen molar-refractivity contribution in [3.05, 3.63) is 95.6 Å². The number of carbonyl (C=O) groups excluding carboxylic acids is 1. The molecule has 5 nitrogen and oxygen atoms in total. The van der Waals surface area contributed by atoms with Gasteiger partial charge in [-0.1, -0.05) is 84.6 Å². The van der Waals surface area contributed by atoms with Crippen LogP contribution in [-0.2, 0) is 11.8 Å². The topological polar surface area (TPSA) is 59.8 Å². The molecule has 0 spiro atoms. The molecule has 1 atom stereocenters. The van der Waals surface area contributed by atoms with Gasteiger partial charge >= 0.3 is 0 Å². The summed E-state index contributed by atoms with van der Waals surface area (Å²) in [4.78, 5) is 13.4. The van der Waals surface area contributed by atoms with Gasteiger partial charge in [0.15, 0.2) is 11.0 Å². The average Bonchev–Trinajstić information content (AvgIpc) is 3.15. The first kappa shape index (κ1) is 20.9. The minimum absolute atomic E-state index is 0.0887. The standard InChI is InChI=1S/C25H24N4OS/c1-17-14-15-18(2)21(16-17)26-24(30)22(19-10-6-4-7-11-19)31-25-28-27-23(29(25)3)20-12-8-5-9-13-20/h4-16,22H,1-3H3,(H,26,30)/t22-/m0/s1. The third-order valence-electron chi connectivity index (χ3n) is 5.08. The lowest BCUT2D eigenvalue weighted by molar-refractivity contribution is -0.115. The molecular weight excluding hydrogens is 404 g/mol. The maximum atomic E-state index is 13.4. The second-order valence-corrected chi connectivity index (χ2v) is 8.52. The van der Waals surface area contributed by atoms with Crippen LogP contribution in [0.15, 0.2) is 84.0 Å². The van der Waals surface area contributed by atoms with Gasteiger partial charge in [-0.2, -0.15) is 0 Å². The summed E-state index contributed by atoms with van der Waals surface area (Å²) >= 11 is 1.40. The SMILES string of the molecule is Cc1ccc(C)c(NC(=O)[C@@H](Sc2nnc(-c3ccccc3)n2C)c2ccccc2)c1. The van der Waals surface area contributed by atoms with Gasteiger partial charge in [0.05, 0.1) is 0 Å². The average molecular weight is 429 g/mol. The number of thioether (sulfide) groups is 1. The molecule has 0 saturated heterocycles. The Hall–Kier alpha value is -3.38. The molecule has 0 saturated carbocycles. The molecule has 1 N–H and O–H groups in total. The van der Waals surface area contributed by atoms with E-state index in [4.69, 9.17) is 0 Å². The van der Waals surface area contributed by atoms with Gasteiger partial charge in [-0.3, -0.25) is 4.79 Å². The fourth-order valence-electron chi connectivity index (χ4n) is 3.33. The highest BCUT2D eigenvalue weighted by Crippen LogP contribution is 2.36. The van der Waals surface area contributed by atoms with Gasteiger partial charge in [-0.25, -0.2) is 0 Å². The lowest BCUT2D eigenvalue weighted by atomic mass is 10.1. The predicted molar refractivity (Wildman–Crippen MR) is 126 cm³/mol. The van der Waals surface area contributed by atoms with E-state index in [-0.39, 0.29) is 5.91 Å². The van der Waals surface area contributed by atoms with Crippen LogP contribution in [0.1, 0.15) is 21.9 Å². The van der Waals surface area contributed by atoms with Gasteiger partial charge in [0.1, 0.15) is 5.25 Å². The summed E-state index contributed by atoms with van der Waals surface area (Å²) in [6, 6.07) is 25.7. The van der Waals surface area contributed by atoms with Crippen molar-refractivity contribution >= 4 is 23.4 Å². The molecule has 0 aliphatic rings. The van der Waals surface area contributed by atoms with Gasteiger partial charge in [0, 0.05) is 18.3 Å². The Kier molecular flexibility index (Phi) is 6.18. The van der Waals surface area contributed by atoms with Crippen LogP contribution in [0.4, 0.5) is 5.69 Å². The van der Waals surface area contributed by atoms with Crippen LogP contribution in [0.25, 0.3) is 11.4 Å². The third-order valence-corrected chi connectivity index (χ3v) is 6.37. The van der Waals surface area contributed by atoms with Crippen molar-refractivity contribution in [3.63, 3.8) is 0 Å². The maximum absolute atomic E-state index is 13.4. The molecule has 3 aromatic carbocycles. The van der Waals surface area contributed by atoms with Crippen molar-refractivity contribution in [1.29, 1.82) is 0 Å². The van der Waals surface area contributed by atoms with Gasteiger partial charge in [-0.15, -0.1) is 10.2 Å². The lowest BCUT2D eigenvalue weighted by Gasteiger charge is -2.18. The molecule has 1 heterocycles. The summed E-state index contributed by atoms with van der Waals surface area (Å²) in [7, 11) is 1.93. The van der Waals surface area contributed by atoms with Crippen molar-refractivity contribution in [1.82, 2.24) is 14.8 Å². The lowest BCUT2D eigenvalue weighted by Crippen LogP contribution is -2.20. The Morgan fingerprint density at radius 1 is 0.935 bits per heavy atom. The fraction of sp³-hybridized carbons (Fsp3) is 0.160. The van der Waals surface area contributed by atoms with Crippen molar-refractivity contribution in [2.24, 2.45) is 7.05 Å². The number of anilines is 1. The highest BCUT2D eigenvalue weighted by molar-refractivity contribution is 8.00. The number of rotatable bonds is 6. The second-order valence-electron chi connectivity index (χ2n) is 7.45. The Bertz CT molecular complexity index is 1190. The van der Waals surface area contributed by atoms with E-state index in [1.165, 1.54) is 11.8 Å². The van der Waals surface area contributed by atoms with Crippen LogP contribution in [-0.4, -0.2) is 20.7 Å². The highest BCUT2D eigenvalue weighted by atomic mass is 32.2. The number of aromatic nitrogens is 3. The molecule has 156 valence electrons. The van der Waals surface area contributed by atoms with Gasteiger partial charge in [0.25, 0.3) is 0 Å². The molecule has 0 fully saturated rings. The molecule has 0 bridgehead atoms. The smallest absolute Gasteiger partial charge is 0.242 e. The predicted octanol–water partition coefficient (Wildman–Crippen LogP) is 5.57. The molecule has 31 heavy (non-hydrogen) atoms. The molecule has 4 rings (SSSR count). The van der Waals surface area contributed by atoms with Crippen LogP contribution in [0.5, 0.6) is 0 Å². The molecule has 0 radical (unpaired) electrons. The Labute approximate surface area is 186 Å². The number of hydrogen-bond donors (Lipinski definition) is 1. The molecule has 1 aromatic heterocycles. The fourth-order valence-corrected chi connectivity index (χ4v) is 4.33. The van der Waals surface area contributed by atoms with Gasteiger partial charge < -0.3 is 9.88 Å². The van der Waals surface area contributed by atoms with Crippen molar-refractivity contribution < 1.29 is 4.79 Å². The Morgan fingerprint density at radius 3 is 2.32 bits per heavy atom. The molecule has 0 aliphatic heterocycles. The van der Waals surface area contributed by atoms with E-state index in [9.17, 15) is 4.79 Å². The van der Waals surface area contributed by atoms with Crippen LogP contribution >= 0.6 is 11.8 Å². The van der Waals surface area contributed by atoms with Crippen LogP contribution in [0.3, 0.4) is 0 Å². The molecule has 4 aromatic rings. The van der Waals surface area contributed by atoms with E-state index in [2.05, 4.69) is 15.5 Å². The molecule has 1 amide bonds. The quantitative estimate of drug-likeness (QED) is 0.408. The molecule has 0 unspecified atom stereocenters. The number of hydrogen-bond acceptors (Lipinski definition) is 4. The number of nitrogens with zero attached hydrogens (tertiary/aromatic N) is 3. The summed E-state index contributed by atoms with van der Waals surface area (Å²) in [5, 5.41) is 12.1. The van der Waals surface area contributed by atoms with Crippen molar-refractivity contribution in [2.75, 3.05) is 5.32 Å². The zero-order valence-electron chi connectivity index (χ0n) is 17.7. The zero-order valence-corrected chi connectivity index (χ0v) is 18.6. The van der Waals surface area contributed by atoms with E-state index < -0.39 is 5.25 Å². The van der Waals surface area contributed by atoms with E-state index in [0.29, 0.717) is 5.16 Å².